The molecule has 290 valence electrons. The molecule has 1 aromatic carbocycles. The molecule has 0 saturated carbocycles. The van der Waals surface area contributed by atoms with Crippen molar-refractivity contribution in [3.8, 4) is 11.5 Å². The first-order valence-electron chi connectivity index (χ1n) is 18.0. The van der Waals surface area contributed by atoms with Gasteiger partial charge in [-0.05, 0) is 76.2 Å². The van der Waals surface area contributed by atoms with E-state index in [1.165, 1.54) is 17.4 Å². The van der Waals surface area contributed by atoms with Crippen molar-refractivity contribution in [1.29, 1.82) is 0 Å². The Morgan fingerprint density at radius 1 is 1.19 bits per heavy atom. The molecule has 4 amide bonds. The average molecular weight is 741 g/mol. The van der Waals surface area contributed by atoms with Gasteiger partial charge in [0.15, 0.2) is 23.6 Å². The Kier molecular flexibility index (Phi) is 12.0. The van der Waals surface area contributed by atoms with Gasteiger partial charge in [-0.15, -0.1) is 0 Å². The summed E-state index contributed by atoms with van der Waals surface area (Å²) >= 11 is 0. The molecule has 1 aromatic rings. The first kappa shape index (κ1) is 39.2. The number of rotatable bonds is 14. The Morgan fingerprint density at radius 3 is 2.60 bits per heavy atom. The number of guanidine groups is 1. The number of carbonyl (C=O) groups is 5. The third-order valence-corrected chi connectivity index (χ3v) is 11.0. The molecule has 7 atom stereocenters. The van der Waals surface area contributed by atoms with Crippen LogP contribution in [0.2, 0.25) is 0 Å². The number of benzene rings is 1. The molecule has 0 bridgehead atoms. The van der Waals surface area contributed by atoms with Crippen LogP contribution in [0.5, 0.6) is 11.5 Å². The van der Waals surface area contributed by atoms with Gasteiger partial charge in [-0.2, -0.15) is 0 Å². The van der Waals surface area contributed by atoms with Crippen molar-refractivity contribution in [2.75, 3.05) is 47.4 Å². The lowest BCUT2D eigenvalue weighted by atomic mass is 9.57. The maximum atomic E-state index is 14.0. The second-order valence-electron chi connectivity index (χ2n) is 14.6. The molecule has 4 unspecified atom stereocenters. The van der Waals surface area contributed by atoms with Crippen molar-refractivity contribution in [3.05, 3.63) is 35.1 Å². The molecule has 0 spiro atoms. The lowest BCUT2D eigenvalue weighted by Gasteiger charge is -2.50. The molecule has 5 rings (SSSR count). The van der Waals surface area contributed by atoms with Crippen LogP contribution in [0.25, 0.3) is 0 Å². The van der Waals surface area contributed by atoms with E-state index < -0.39 is 59.3 Å². The monoisotopic (exact) mass is 740 g/mol. The summed E-state index contributed by atoms with van der Waals surface area (Å²) in [7, 11) is 5.74. The second-order valence-corrected chi connectivity index (χ2v) is 14.6. The van der Waals surface area contributed by atoms with E-state index in [-0.39, 0.29) is 63.4 Å². The summed E-state index contributed by atoms with van der Waals surface area (Å²) in [5, 5.41) is 17.7. The zero-order valence-corrected chi connectivity index (χ0v) is 31.0. The van der Waals surface area contributed by atoms with Gasteiger partial charge in [0.05, 0.1) is 25.6 Å². The summed E-state index contributed by atoms with van der Waals surface area (Å²) in [5.74, 6) is -1.58. The van der Waals surface area contributed by atoms with Crippen molar-refractivity contribution < 1.29 is 43.3 Å². The zero-order valence-electron chi connectivity index (χ0n) is 31.0. The quantitative estimate of drug-likeness (QED) is 0.0852. The number of hydrogen-bond acceptors (Lipinski definition) is 10. The predicted octanol–water partition coefficient (Wildman–Crippen LogP) is 0.197. The SMILES string of the molecule is COc1ccc2c3c1OC1C(OC(=O)N4CCC(C(=O)O)CC4CNC(=O)[C@H](CCCN=C(N)N)NC(=O)CNC(C)=O)=CC[C@@H]([C@H](N(C)C)C2)C31C. The smallest absolute Gasteiger partial charge is 0.415 e. The Balaban J connectivity index is 1.33. The Bertz CT molecular complexity index is 1660. The number of piperidine rings is 1. The number of aliphatic imine (C=N–C) groups is 1. The van der Waals surface area contributed by atoms with Crippen LogP contribution >= 0.6 is 0 Å². The van der Waals surface area contributed by atoms with Crippen molar-refractivity contribution in [2.24, 2.45) is 28.3 Å². The molecular weight excluding hydrogens is 688 g/mol. The van der Waals surface area contributed by atoms with E-state index in [9.17, 15) is 29.1 Å². The normalized spacial score (nSPS) is 25.9. The zero-order chi connectivity index (χ0) is 38.6. The Morgan fingerprint density at radius 2 is 1.94 bits per heavy atom. The lowest BCUT2D eigenvalue weighted by molar-refractivity contribution is -0.144. The van der Waals surface area contributed by atoms with Crippen LogP contribution in [0.3, 0.4) is 0 Å². The molecule has 17 nitrogen and oxygen atoms in total. The van der Waals surface area contributed by atoms with Crippen LogP contribution in [0, 0.1) is 11.8 Å². The molecule has 8 N–H and O–H groups in total. The lowest BCUT2D eigenvalue weighted by Crippen LogP contribution is -2.57. The van der Waals surface area contributed by atoms with Crippen LogP contribution in [0.4, 0.5) is 4.79 Å². The summed E-state index contributed by atoms with van der Waals surface area (Å²) in [5.41, 5.74) is 12.5. The molecule has 53 heavy (non-hydrogen) atoms. The number of likely N-dealkylation sites (N-methyl/N-ethyl adjacent to an activating group) is 1. The molecule has 0 radical (unpaired) electrons. The molecule has 4 aliphatic rings. The number of carboxylic acid groups (broad SMARTS) is 1. The maximum Gasteiger partial charge on any atom is 0.415 e. The summed E-state index contributed by atoms with van der Waals surface area (Å²) < 4.78 is 18.5. The molecule has 17 heteroatoms. The van der Waals surface area contributed by atoms with E-state index in [2.05, 4.69) is 52.9 Å². The first-order valence-corrected chi connectivity index (χ1v) is 18.0. The van der Waals surface area contributed by atoms with Crippen molar-refractivity contribution in [3.63, 3.8) is 0 Å². The molecular formula is C36H52N8O9. The van der Waals surface area contributed by atoms with Gasteiger partial charge in [0.2, 0.25) is 17.7 Å². The van der Waals surface area contributed by atoms with E-state index in [1.54, 1.807) is 7.11 Å². The average Bonchev–Trinajstić information content (AvgIpc) is 3.44. The van der Waals surface area contributed by atoms with Gasteiger partial charge in [-0.1, -0.05) is 13.0 Å². The van der Waals surface area contributed by atoms with E-state index >= 15 is 0 Å². The molecule has 2 heterocycles. The summed E-state index contributed by atoms with van der Waals surface area (Å²) in [6, 6.07) is 2.47. The Hall–Kier alpha value is -5.06. The van der Waals surface area contributed by atoms with Crippen LogP contribution in [0.15, 0.2) is 29.0 Å². The van der Waals surface area contributed by atoms with Crippen LogP contribution in [-0.2, 0) is 35.8 Å². The number of hydrogen-bond donors (Lipinski definition) is 6. The molecule has 1 fully saturated rings. The fourth-order valence-electron chi connectivity index (χ4n) is 8.34. The number of ether oxygens (including phenoxy) is 3. The van der Waals surface area contributed by atoms with E-state index in [4.69, 9.17) is 25.7 Å². The van der Waals surface area contributed by atoms with Gasteiger partial charge in [-0.3, -0.25) is 24.2 Å². The minimum absolute atomic E-state index is 0.0735. The number of carbonyl (C=O) groups excluding carboxylic acids is 4. The molecule has 2 aliphatic heterocycles. The highest BCUT2D eigenvalue weighted by atomic mass is 16.6. The van der Waals surface area contributed by atoms with Gasteiger partial charge in [0, 0.05) is 43.6 Å². The predicted molar refractivity (Wildman–Crippen MR) is 193 cm³/mol. The number of amides is 4. The Labute approximate surface area is 308 Å². The molecule has 1 saturated heterocycles. The van der Waals surface area contributed by atoms with Crippen molar-refractivity contribution >= 4 is 35.7 Å². The van der Waals surface area contributed by atoms with Crippen LogP contribution in [0.1, 0.15) is 57.1 Å². The largest absolute Gasteiger partial charge is 0.493 e. The first-order chi connectivity index (χ1) is 25.1. The van der Waals surface area contributed by atoms with Crippen LogP contribution in [-0.4, -0.2) is 122 Å². The molecule has 0 aromatic heterocycles. The summed E-state index contributed by atoms with van der Waals surface area (Å²) in [4.78, 5) is 71.0. The van der Waals surface area contributed by atoms with Gasteiger partial charge in [0.25, 0.3) is 0 Å². The van der Waals surface area contributed by atoms with Crippen LogP contribution < -0.4 is 36.9 Å². The van der Waals surface area contributed by atoms with E-state index in [1.807, 2.05) is 12.1 Å². The maximum absolute atomic E-state index is 14.0. The highest BCUT2D eigenvalue weighted by Gasteiger charge is 2.61. The fourth-order valence-corrected chi connectivity index (χ4v) is 8.34. The summed E-state index contributed by atoms with van der Waals surface area (Å²) in [6.07, 6.45) is 2.94. The number of carboxylic acids is 1. The van der Waals surface area contributed by atoms with Crippen molar-refractivity contribution in [2.45, 2.75) is 82.0 Å². The van der Waals surface area contributed by atoms with Crippen molar-refractivity contribution in [1.82, 2.24) is 25.8 Å². The number of likely N-dealkylation sites (tertiary alicyclic amines) is 1. The second kappa shape index (κ2) is 16.3. The number of nitrogens with one attached hydrogen (secondary N) is 3. The number of nitrogens with zero attached hydrogens (tertiary/aromatic N) is 3. The highest BCUT2D eigenvalue weighted by Crippen LogP contribution is 2.60. The van der Waals surface area contributed by atoms with Gasteiger partial charge in [-0.25, -0.2) is 4.79 Å². The highest BCUT2D eigenvalue weighted by molar-refractivity contribution is 5.90. The fraction of sp³-hybridized carbons (Fsp3) is 0.611. The van der Waals surface area contributed by atoms with Gasteiger partial charge < -0.3 is 56.5 Å². The topological polar surface area (TPSA) is 240 Å². The number of aliphatic carboxylic acids is 1. The minimum atomic E-state index is -1.02. The number of allylic oxidation sites excluding steroid dienone is 1. The third kappa shape index (κ3) is 8.29. The van der Waals surface area contributed by atoms with Gasteiger partial charge in [0.1, 0.15) is 11.8 Å². The summed E-state index contributed by atoms with van der Waals surface area (Å²) in [6.45, 7) is 3.30. The third-order valence-electron chi connectivity index (χ3n) is 11.0. The number of nitrogens with two attached hydrogens (primary N) is 2. The number of methoxy groups -OCH3 is 1. The standard InChI is InChI=1S/C36H52N8O9/c1-19(45)40-18-28(46)42-24(7-6-13-39-34(37)38)32(47)41-17-22-15-21(33(48)49)12-14-44(22)35(50)52-27-11-9-23-25(43(3)4)16-20-8-10-26(51-5)30-29(20)36(23,2)31(27)53-30/h8,10-11,21-25,31H,6-7,9,12-18H2,1-5H3,(H,40,45)(H,41,47)(H,42,46)(H,48,49)(H4,37,38,39)/t21?,22?,23-,24-,25+,31?,36?/m0/s1. The molecule has 2 aliphatic carbocycles. The van der Waals surface area contributed by atoms with E-state index in [0.29, 0.717) is 30.1 Å². The van der Waals surface area contributed by atoms with E-state index in [0.717, 1.165) is 12.0 Å². The van der Waals surface area contributed by atoms with Gasteiger partial charge >= 0.3 is 12.1 Å². The minimum Gasteiger partial charge on any atom is -0.493 e.